The first kappa shape index (κ1) is 15.4. The second-order valence-electron chi connectivity index (χ2n) is 6.91. The average molecular weight is 274 g/mol. The monoisotopic (exact) mass is 274 g/mol. The van der Waals surface area contributed by atoms with Crippen molar-refractivity contribution in [2.45, 2.75) is 77.3 Å². The van der Waals surface area contributed by atoms with E-state index in [0.717, 1.165) is 12.8 Å². The molecule has 0 heterocycles. The molecule has 0 atom stereocenters. The first-order valence-corrected chi connectivity index (χ1v) is 8.13. The van der Waals surface area contributed by atoms with Crippen LogP contribution in [0.3, 0.4) is 0 Å². The highest BCUT2D eigenvalue weighted by Crippen LogP contribution is 2.30. The molecule has 0 spiro atoms. The van der Waals surface area contributed by atoms with Crippen molar-refractivity contribution in [3.8, 4) is 0 Å². The topological polar surface area (TPSA) is 38.0 Å². The fourth-order valence-electron chi connectivity index (χ4n) is 3.03. The van der Waals surface area contributed by atoms with Crippen molar-refractivity contribution in [2.24, 2.45) is 5.73 Å². The molecule has 0 saturated heterocycles. The number of hydrogen-bond acceptors (Lipinski definition) is 2. The van der Waals surface area contributed by atoms with Crippen LogP contribution in [0.4, 0.5) is 5.69 Å². The highest BCUT2D eigenvalue weighted by atomic mass is 14.9. The molecule has 0 radical (unpaired) electrons. The summed E-state index contributed by atoms with van der Waals surface area (Å²) in [5.41, 5.74) is 10.2. The van der Waals surface area contributed by atoms with E-state index in [1.54, 1.807) is 0 Å². The quantitative estimate of drug-likeness (QED) is 0.841. The zero-order valence-electron chi connectivity index (χ0n) is 13.4. The third-order valence-corrected chi connectivity index (χ3v) is 4.50. The standard InChI is InChI=1S/C18H30N2/c1-12(2)14-5-10-18(17(11-14)13(3)4)20-16-8-6-15(19)7-9-16/h5,10-13,15-16,20H,6-9,19H2,1-4H3. The minimum Gasteiger partial charge on any atom is -0.382 e. The summed E-state index contributed by atoms with van der Waals surface area (Å²) in [6, 6.07) is 7.94. The Morgan fingerprint density at radius 2 is 1.65 bits per heavy atom. The van der Waals surface area contributed by atoms with Gasteiger partial charge >= 0.3 is 0 Å². The molecule has 2 nitrogen and oxygen atoms in total. The zero-order chi connectivity index (χ0) is 14.7. The molecule has 20 heavy (non-hydrogen) atoms. The van der Waals surface area contributed by atoms with E-state index in [4.69, 9.17) is 5.73 Å². The van der Waals surface area contributed by atoms with Crippen molar-refractivity contribution < 1.29 is 0 Å². The largest absolute Gasteiger partial charge is 0.382 e. The molecule has 0 aliphatic heterocycles. The van der Waals surface area contributed by atoms with Crippen LogP contribution in [0.1, 0.15) is 76.3 Å². The summed E-state index contributed by atoms with van der Waals surface area (Å²) in [5.74, 6) is 1.15. The summed E-state index contributed by atoms with van der Waals surface area (Å²) in [6.07, 6.45) is 4.70. The lowest BCUT2D eigenvalue weighted by atomic mass is 9.90. The van der Waals surface area contributed by atoms with Gasteiger partial charge in [-0.25, -0.2) is 0 Å². The molecule has 0 amide bonds. The van der Waals surface area contributed by atoms with Gasteiger partial charge in [0.1, 0.15) is 0 Å². The number of nitrogens with one attached hydrogen (secondary N) is 1. The molecule has 1 aromatic rings. The van der Waals surface area contributed by atoms with Gasteiger partial charge in [0.05, 0.1) is 0 Å². The maximum Gasteiger partial charge on any atom is 0.0377 e. The highest BCUT2D eigenvalue weighted by Gasteiger charge is 2.19. The van der Waals surface area contributed by atoms with Crippen LogP contribution < -0.4 is 11.1 Å². The van der Waals surface area contributed by atoms with Crippen LogP contribution in [0.5, 0.6) is 0 Å². The van der Waals surface area contributed by atoms with Gasteiger partial charge in [-0.15, -0.1) is 0 Å². The molecule has 0 unspecified atom stereocenters. The SMILES string of the molecule is CC(C)c1ccc(NC2CCC(N)CC2)c(C(C)C)c1. The summed E-state index contributed by atoms with van der Waals surface area (Å²) >= 11 is 0. The lowest BCUT2D eigenvalue weighted by Crippen LogP contribution is -2.33. The molecule has 112 valence electrons. The van der Waals surface area contributed by atoms with Crippen LogP contribution in [0.15, 0.2) is 18.2 Å². The maximum absolute atomic E-state index is 5.99. The lowest BCUT2D eigenvalue weighted by molar-refractivity contribution is 0.411. The second-order valence-corrected chi connectivity index (χ2v) is 6.91. The number of benzene rings is 1. The number of nitrogens with two attached hydrogens (primary N) is 1. The molecular weight excluding hydrogens is 244 g/mol. The fourth-order valence-corrected chi connectivity index (χ4v) is 3.03. The Labute approximate surface area is 124 Å². The number of hydrogen-bond donors (Lipinski definition) is 2. The van der Waals surface area contributed by atoms with Crippen LogP contribution in [-0.4, -0.2) is 12.1 Å². The minimum atomic E-state index is 0.418. The summed E-state index contributed by atoms with van der Waals surface area (Å²) in [6.45, 7) is 9.08. The van der Waals surface area contributed by atoms with E-state index >= 15 is 0 Å². The van der Waals surface area contributed by atoms with Crippen molar-refractivity contribution in [1.29, 1.82) is 0 Å². The normalized spacial score (nSPS) is 23.4. The average Bonchev–Trinajstić information content (AvgIpc) is 2.41. The predicted molar refractivity (Wildman–Crippen MR) is 88.5 cm³/mol. The Bertz CT molecular complexity index is 429. The van der Waals surface area contributed by atoms with Crippen molar-refractivity contribution in [2.75, 3.05) is 5.32 Å². The van der Waals surface area contributed by atoms with E-state index in [2.05, 4.69) is 51.2 Å². The number of rotatable bonds is 4. The molecule has 0 bridgehead atoms. The summed E-state index contributed by atoms with van der Waals surface area (Å²) in [5, 5.41) is 3.76. The van der Waals surface area contributed by atoms with Gasteiger partial charge in [-0.05, 0) is 54.7 Å². The smallest absolute Gasteiger partial charge is 0.0377 e. The van der Waals surface area contributed by atoms with Crippen LogP contribution >= 0.6 is 0 Å². The van der Waals surface area contributed by atoms with Crippen molar-refractivity contribution >= 4 is 5.69 Å². The van der Waals surface area contributed by atoms with Crippen molar-refractivity contribution in [3.05, 3.63) is 29.3 Å². The molecule has 1 aliphatic rings. The van der Waals surface area contributed by atoms with Crippen molar-refractivity contribution in [3.63, 3.8) is 0 Å². The summed E-state index contributed by atoms with van der Waals surface area (Å²) in [7, 11) is 0. The third-order valence-electron chi connectivity index (χ3n) is 4.50. The van der Waals surface area contributed by atoms with E-state index in [1.807, 2.05) is 0 Å². The molecule has 0 aromatic heterocycles. The Hall–Kier alpha value is -1.02. The maximum atomic E-state index is 5.99. The molecule has 2 rings (SSSR count). The number of anilines is 1. The van der Waals surface area contributed by atoms with Gasteiger partial charge in [-0.2, -0.15) is 0 Å². The van der Waals surface area contributed by atoms with Crippen LogP contribution in [-0.2, 0) is 0 Å². The van der Waals surface area contributed by atoms with Gasteiger partial charge in [-0.1, -0.05) is 39.8 Å². The van der Waals surface area contributed by atoms with Crippen molar-refractivity contribution in [1.82, 2.24) is 0 Å². The van der Waals surface area contributed by atoms with Crippen LogP contribution in [0.25, 0.3) is 0 Å². The van der Waals surface area contributed by atoms with Gasteiger partial charge in [0.15, 0.2) is 0 Å². The zero-order valence-corrected chi connectivity index (χ0v) is 13.4. The minimum absolute atomic E-state index is 0.418. The summed E-state index contributed by atoms with van der Waals surface area (Å²) < 4.78 is 0. The summed E-state index contributed by atoms with van der Waals surface area (Å²) in [4.78, 5) is 0. The molecule has 3 N–H and O–H groups in total. The third kappa shape index (κ3) is 3.76. The van der Waals surface area contributed by atoms with E-state index in [0.29, 0.717) is 23.9 Å². The first-order valence-electron chi connectivity index (χ1n) is 8.13. The van der Waals surface area contributed by atoms with Gasteiger partial charge in [-0.3, -0.25) is 0 Å². The molecule has 1 fully saturated rings. The Balaban J connectivity index is 2.14. The van der Waals surface area contributed by atoms with Gasteiger partial charge < -0.3 is 11.1 Å². The van der Waals surface area contributed by atoms with E-state index in [1.165, 1.54) is 29.7 Å². The molecule has 1 saturated carbocycles. The molecule has 2 heteroatoms. The molecule has 1 aliphatic carbocycles. The van der Waals surface area contributed by atoms with Crippen LogP contribution in [0, 0.1) is 0 Å². The Morgan fingerprint density at radius 3 is 2.20 bits per heavy atom. The van der Waals surface area contributed by atoms with Gasteiger partial charge in [0.2, 0.25) is 0 Å². The first-order chi connectivity index (χ1) is 9.47. The fraction of sp³-hybridized carbons (Fsp3) is 0.667. The Kier molecular flexibility index (Phi) is 5.09. The van der Waals surface area contributed by atoms with Crippen LogP contribution in [0.2, 0.25) is 0 Å². The highest BCUT2D eigenvalue weighted by molar-refractivity contribution is 5.55. The predicted octanol–water partition coefficient (Wildman–Crippen LogP) is 4.62. The van der Waals surface area contributed by atoms with E-state index in [-0.39, 0.29) is 0 Å². The van der Waals surface area contributed by atoms with E-state index in [9.17, 15) is 0 Å². The van der Waals surface area contributed by atoms with E-state index < -0.39 is 0 Å². The van der Waals surface area contributed by atoms with Gasteiger partial charge in [0, 0.05) is 17.8 Å². The molecular formula is C18H30N2. The Morgan fingerprint density at radius 1 is 1.00 bits per heavy atom. The second kappa shape index (κ2) is 6.62. The molecule has 1 aromatic carbocycles. The van der Waals surface area contributed by atoms with Gasteiger partial charge in [0.25, 0.3) is 0 Å². The lowest BCUT2D eigenvalue weighted by Gasteiger charge is -2.29.